The molecule has 1 saturated heterocycles. The summed E-state index contributed by atoms with van der Waals surface area (Å²) in [6.45, 7) is 7.45. The molecule has 2 heterocycles. The number of rotatable bonds is 3. The van der Waals surface area contributed by atoms with Gasteiger partial charge in [-0.3, -0.25) is 0 Å². The molecule has 0 bridgehead atoms. The van der Waals surface area contributed by atoms with Gasteiger partial charge in [-0.2, -0.15) is 5.10 Å². The van der Waals surface area contributed by atoms with E-state index in [-0.39, 0.29) is 0 Å². The quantitative estimate of drug-likeness (QED) is 0.812. The summed E-state index contributed by atoms with van der Waals surface area (Å²) in [4.78, 5) is 0. The smallest absolute Gasteiger partial charge is 0.148 e. The van der Waals surface area contributed by atoms with Crippen LogP contribution in [0.2, 0.25) is 0 Å². The Hall–Kier alpha value is -1.16. The third-order valence-corrected chi connectivity index (χ3v) is 3.18. The van der Waals surface area contributed by atoms with Gasteiger partial charge in [-0.05, 0) is 43.9 Å². The van der Waals surface area contributed by atoms with E-state index in [0.717, 1.165) is 31.1 Å². The number of piperidine rings is 1. The van der Waals surface area contributed by atoms with Crippen molar-refractivity contribution in [1.29, 1.82) is 0 Å². The van der Waals surface area contributed by atoms with E-state index in [2.05, 4.69) is 27.8 Å². The van der Waals surface area contributed by atoms with Crippen LogP contribution in [0.5, 0.6) is 0 Å². The Bertz CT molecular complexity index is 327. The van der Waals surface area contributed by atoms with Gasteiger partial charge in [-0.25, -0.2) is 0 Å². The molecule has 1 aromatic heterocycles. The van der Waals surface area contributed by atoms with E-state index in [4.69, 9.17) is 0 Å². The molecule has 2 N–H and O–H groups in total. The highest BCUT2D eigenvalue weighted by Gasteiger charge is 2.26. The topological polar surface area (TPSA) is 49.8 Å². The Morgan fingerprint density at radius 3 is 2.94 bits per heavy atom. The minimum Gasteiger partial charge on any atom is -0.368 e. The molecule has 0 saturated carbocycles. The average Bonchev–Trinajstić information content (AvgIpc) is 2.29. The molecule has 1 aliphatic rings. The second kappa shape index (κ2) is 4.78. The summed E-state index contributed by atoms with van der Waals surface area (Å²) in [5.74, 6) is 0.873. The van der Waals surface area contributed by atoms with Crippen molar-refractivity contribution in [2.45, 2.75) is 26.7 Å². The maximum Gasteiger partial charge on any atom is 0.148 e. The van der Waals surface area contributed by atoms with Gasteiger partial charge < -0.3 is 10.6 Å². The molecule has 0 amide bonds. The summed E-state index contributed by atoms with van der Waals surface area (Å²) in [7, 11) is 0. The number of hydrogen-bond donors (Lipinski definition) is 2. The molecule has 0 aliphatic carbocycles. The molecule has 2 rings (SSSR count). The Morgan fingerprint density at radius 1 is 1.44 bits per heavy atom. The monoisotopic (exact) mass is 220 g/mol. The summed E-state index contributed by atoms with van der Waals surface area (Å²) in [5, 5.41) is 15.0. The zero-order valence-electron chi connectivity index (χ0n) is 10.1. The van der Waals surface area contributed by atoms with Crippen molar-refractivity contribution in [3.63, 3.8) is 0 Å². The van der Waals surface area contributed by atoms with Crippen molar-refractivity contribution >= 4 is 5.82 Å². The van der Waals surface area contributed by atoms with Crippen LogP contribution in [0.4, 0.5) is 5.82 Å². The number of hydrogen-bond acceptors (Lipinski definition) is 4. The maximum atomic E-state index is 4.11. The fraction of sp³-hybridized carbons (Fsp3) is 0.667. The first-order valence-electron chi connectivity index (χ1n) is 5.93. The van der Waals surface area contributed by atoms with Crippen molar-refractivity contribution in [2.24, 2.45) is 5.41 Å². The number of anilines is 1. The predicted molar refractivity (Wildman–Crippen MR) is 65.5 cm³/mol. The zero-order valence-corrected chi connectivity index (χ0v) is 10.1. The predicted octanol–water partition coefficient (Wildman–Crippen LogP) is 1.59. The lowest BCUT2D eigenvalue weighted by Crippen LogP contribution is -2.42. The highest BCUT2D eigenvalue weighted by atomic mass is 15.2. The first-order chi connectivity index (χ1) is 7.68. The molecule has 1 unspecified atom stereocenters. The lowest BCUT2D eigenvalue weighted by atomic mass is 9.83. The van der Waals surface area contributed by atoms with Gasteiger partial charge >= 0.3 is 0 Å². The maximum absolute atomic E-state index is 4.11. The molecule has 1 aliphatic heterocycles. The van der Waals surface area contributed by atoms with Gasteiger partial charge in [0, 0.05) is 13.1 Å². The van der Waals surface area contributed by atoms with Crippen molar-refractivity contribution in [3.05, 3.63) is 17.8 Å². The van der Waals surface area contributed by atoms with Gasteiger partial charge in [0.15, 0.2) is 0 Å². The third-order valence-electron chi connectivity index (χ3n) is 3.18. The zero-order chi connectivity index (χ0) is 11.4. The van der Waals surface area contributed by atoms with Gasteiger partial charge in [-0.15, -0.1) is 5.10 Å². The molecule has 4 heteroatoms. The molecule has 1 atom stereocenters. The summed E-state index contributed by atoms with van der Waals surface area (Å²) in [6, 6.07) is 3.97. The van der Waals surface area contributed by atoms with Crippen LogP contribution < -0.4 is 10.6 Å². The molecule has 16 heavy (non-hydrogen) atoms. The van der Waals surface area contributed by atoms with Crippen LogP contribution >= 0.6 is 0 Å². The van der Waals surface area contributed by atoms with Crippen LogP contribution in [0.15, 0.2) is 12.1 Å². The van der Waals surface area contributed by atoms with Crippen LogP contribution in [-0.4, -0.2) is 29.8 Å². The number of nitrogens with zero attached hydrogens (tertiary/aromatic N) is 2. The van der Waals surface area contributed by atoms with Crippen LogP contribution in [0.25, 0.3) is 0 Å². The highest BCUT2D eigenvalue weighted by molar-refractivity contribution is 5.33. The van der Waals surface area contributed by atoms with Gasteiger partial charge in [0.1, 0.15) is 5.82 Å². The second-order valence-electron chi connectivity index (χ2n) is 5.00. The van der Waals surface area contributed by atoms with Crippen LogP contribution in [0.1, 0.15) is 25.5 Å². The fourth-order valence-corrected chi connectivity index (χ4v) is 2.07. The Morgan fingerprint density at radius 2 is 2.31 bits per heavy atom. The third kappa shape index (κ3) is 2.92. The van der Waals surface area contributed by atoms with Crippen molar-refractivity contribution < 1.29 is 0 Å². The molecular weight excluding hydrogens is 200 g/mol. The number of nitrogens with one attached hydrogen (secondary N) is 2. The number of aromatic nitrogens is 2. The van der Waals surface area contributed by atoms with E-state index in [1.54, 1.807) is 0 Å². The van der Waals surface area contributed by atoms with Crippen LogP contribution in [-0.2, 0) is 0 Å². The Labute approximate surface area is 96.9 Å². The normalized spacial score (nSPS) is 25.4. The van der Waals surface area contributed by atoms with E-state index in [1.165, 1.54) is 12.8 Å². The van der Waals surface area contributed by atoms with Gasteiger partial charge in [0.2, 0.25) is 0 Å². The fourth-order valence-electron chi connectivity index (χ4n) is 2.07. The summed E-state index contributed by atoms with van der Waals surface area (Å²) < 4.78 is 0. The lowest BCUT2D eigenvalue weighted by molar-refractivity contribution is 0.253. The first-order valence-corrected chi connectivity index (χ1v) is 5.93. The van der Waals surface area contributed by atoms with Gasteiger partial charge in [0.05, 0.1) is 5.69 Å². The molecule has 4 nitrogen and oxygen atoms in total. The van der Waals surface area contributed by atoms with Gasteiger partial charge in [-0.1, -0.05) is 6.92 Å². The second-order valence-corrected chi connectivity index (χ2v) is 5.00. The molecule has 0 aromatic carbocycles. The summed E-state index contributed by atoms with van der Waals surface area (Å²) >= 11 is 0. The first kappa shape index (κ1) is 11.3. The van der Waals surface area contributed by atoms with Crippen LogP contribution in [0.3, 0.4) is 0 Å². The summed E-state index contributed by atoms with van der Waals surface area (Å²) in [6.07, 6.45) is 2.53. The Kier molecular flexibility index (Phi) is 3.39. The van der Waals surface area contributed by atoms with Crippen LogP contribution in [0, 0.1) is 12.3 Å². The number of aryl methyl sites for hydroxylation is 1. The van der Waals surface area contributed by atoms with E-state index in [1.807, 2.05) is 19.1 Å². The molecule has 1 aromatic rings. The van der Waals surface area contributed by atoms with Crippen molar-refractivity contribution in [1.82, 2.24) is 15.5 Å². The minimum atomic E-state index is 0.338. The van der Waals surface area contributed by atoms with Crippen molar-refractivity contribution in [2.75, 3.05) is 25.0 Å². The molecular formula is C12H20N4. The highest BCUT2D eigenvalue weighted by Crippen LogP contribution is 2.25. The largest absolute Gasteiger partial charge is 0.368 e. The summed E-state index contributed by atoms with van der Waals surface area (Å²) in [5.41, 5.74) is 1.29. The SMILES string of the molecule is Cc1ccc(NCC2(C)CCCNC2)nn1. The average molecular weight is 220 g/mol. The van der Waals surface area contributed by atoms with E-state index < -0.39 is 0 Å². The van der Waals surface area contributed by atoms with Crippen molar-refractivity contribution in [3.8, 4) is 0 Å². The molecule has 1 fully saturated rings. The van der Waals surface area contributed by atoms with E-state index >= 15 is 0 Å². The standard InChI is InChI=1S/C12H20N4/c1-10-4-5-11(16-15-10)14-9-12(2)6-3-7-13-8-12/h4-5,13H,3,6-9H2,1-2H3,(H,14,16). The minimum absolute atomic E-state index is 0.338. The van der Waals surface area contributed by atoms with E-state index in [0.29, 0.717) is 5.41 Å². The molecule has 88 valence electrons. The Balaban J connectivity index is 1.88. The lowest BCUT2D eigenvalue weighted by Gasteiger charge is -2.34. The molecule has 0 radical (unpaired) electrons. The molecule has 0 spiro atoms. The van der Waals surface area contributed by atoms with E-state index in [9.17, 15) is 0 Å². The van der Waals surface area contributed by atoms with Gasteiger partial charge in [0.25, 0.3) is 0 Å².